The van der Waals surface area contributed by atoms with E-state index in [9.17, 15) is 9.59 Å². The molecule has 0 radical (unpaired) electrons. The highest BCUT2D eigenvalue weighted by molar-refractivity contribution is 5.97. The zero-order valence-electron chi connectivity index (χ0n) is 14.5. The van der Waals surface area contributed by atoms with E-state index in [0.717, 1.165) is 32.2 Å². The van der Waals surface area contributed by atoms with Crippen LogP contribution in [0.1, 0.15) is 42.5 Å². The average Bonchev–Trinajstić information content (AvgIpc) is 2.82. The molecule has 0 bridgehead atoms. The molecule has 24 heavy (non-hydrogen) atoms. The zero-order valence-corrected chi connectivity index (χ0v) is 14.5. The van der Waals surface area contributed by atoms with Gasteiger partial charge in [-0.3, -0.25) is 9.59 Å². The zero-order chi connectivity index (χ0) is 17.4. The fraction of sp³-hybridized carbons (Fsp3) is 0.556. The summed E-state index contributed by atoms with van der Waals surface area (Å²) in [5.74, 6) is 1.17. The minimum absolute atomic E-state index is 0.184. The van der Waals surface area contributed by atoms with E-state index in [-0.39, 0.29) is 11.8 Å². The molecule has 1 aromatic rings. The molecule has 1 aliphatic heterocycles. The van der Waals surface area contributed by atoms with E-state index in [0.29, 0.717) is 36.6 Å². The number of likely N-dealkylation sites (tertiary alicyclic amines) is 1. The summed E-state index contributed by atoms with van der Waals surface area (Å²) >= 11 is 0. The quantitative estimate of drug-likeness (QED) is 0.777. The van der Waals surface area contributed by atoms with Crippen molar-refractivity contribution in [1.29, 1.82) is 0 Å². The molecule has 1 aromatic carbocycles. The first-order valence-electron chi connectivity index (χ1n) is 8.43. The molecule has 6 nitrogen and oxygen atoms in total. The molecule has 1 N–H and O–H groups in total. The van der Waals surface area contributed by atoms with Crippen LogP contribution in [-0.2, 0) is 4.79 Å². The molecule has 1 fully saturated rings. The Kier molecular flexibility index (Phi) is 6.90. The van der Waals surface area contributed by atoms with Gasteiger partial charge in [-0.1, -0.05) is 6.42 Å². The summed E-state index contributed by atoms with van der Waals surface area (Å²) in [5.41, 5.74) is 0.476. The Morgan fingerprint density at radius 1 is 1.21 bits per heavy atom. The van der Waals surface area contributed by atoms with Crippen LogP contribution in [0.5, 0.6) is 11.5 Å². The second-order valence-electron chi connectivity index (χ2n) is 5.87. The number of rotatable bonds is 7. The third-order valence-electron chi connectivity index (χ3n) is 4.22. The van der Waals surface area contributed by atoms with E-state index in [4.69, 9.17) is 9.47 Å². The molecule has 1 heterocycles. The van der Waals surface area contributed by atoms with Crippen molar-refractivity contribution in [2.75, 3.05) is 33.9 Å². The molecule has 6 heteroatoms. The fourth-order valence-electron chi connectivity index (χ4n) is 2.83. The van der Waals surface area contributed by atoms with Gasteiger partial charge in [-0.2, -0.15) is 0 Å². The largest absolute Gasteiger partial charge is 0.497 e. The van der Waals surface area contributed by atoms with Crippen molar-refractivity contribution in [3.63, 3.8) is 0 Å². The Bertz CT molecular complexity index is 574. The second-order valence-corrected chi connectivity index (χ2v) is 5.87. The highest BCUT2D eigenvalue weighted by atomic mass is 16.5. The topological polar surface area (TPSA) is 67.9 Å². The maximum Gasteiger partial charge on any atom is 0.255 e. The molecule has 132 valence electrons. The van der Waals surface area contributed by atoms with Crippen LogP contribution in [0.2, 0.25) is 0 Å². The van der Waals surface area contributed by atoms with Gasteiger partial charge in [0.05, 0.1) is 19.8 Å². The molecule has 0 aliphatic carbocycles. The third kappa shape index (κ3) is 4.88. The number of benzene rings is 1. The van der Waals surface area contributed by atoms with Gasteiger partial charge in [0.15, 0.2) is 0 Å². The number of carbonyl (C=O) groups excluding carboxylic acids is 2. The van der Waals surface area contributed by atoms with E-state index in [1.54, 1.807) is 25.3 Å². The van der Waals surface area contributed by atoms with Crippen molar-refractivity contribution in [1.82, 2.24) is 10.2 Å². The van der Waals surface area contributed by atoms with Crippen LogP contribution in [-0.4, -0.2) is 50.6 Å². The Labute approximate surface area is 143 Å². The summed E-state index contributed by atoms with van der Waals surface area (Å²) in [7, 11) is 3.09. The van der Waals surface area contributed by atoms with Gasteiger partial charge in [0.2, 0.25) is 5.91 Å². The van der Waals surface area contributed by atoms with Crippen molar-refractivity contribution in [3.05, 3.63) is 23.8 Å². The molecular weight excluding hydrogens is 308 g/mol. The molecule has 2 amide bonds. The van der Waals surface area contributed by atoms with E-state index in [1.807, 2.05) is 4.90 Å². The van der Waals surface area contributed by atoms with Crippen LogP contribution in [0.4, 0.5) is 0 Å². The van der Waals surface area contributed by atoms with E-state index < -0.39 is 0 Å². The molecule has 0 saturated carbocycles. The molecule has 0 spiro atoms. The van der Waals surface area contributed by atoms with Crippen molar-refractivity contribution in [3.8, 4) is 11.5 Å². The van der Waals surface area contributed by atoms with Crippen LogP contribution in [0.15, 0.2) is 18.2 Å². The Morgan fingerprint density at radius 2 is 2.04 bits per heavy atom. The smallest absolute Gasteiger partial charge is 0.255 e. The Morgan fingerprint density at radius 3 is 2.79 bits per heavy atom. The maximum absolute atomic E-state index is 12.3. The predicted molar refractivity (Wildman–Crippen MR) is 91.5 cm³/mol. The van der Waals surface area contributed by atoms with E-state index >= 15 is 0 Å². The van der Waals surface area contributed by atoms with Gasteiger partial charge in [0, 0.05) is 32.1 Å². The van der Waals surface area contributed by atoms with E-state index in [1.165, 1.54) is 7.11 Å². The third-order valence-corrected chi connectivity index (χ3v) is 4.22. The summed E-state index contributed by atoms with van der Waals surface area (Å²) in [5, 5.41) is 2.88. The molecule has 0 unspecified atom stereocenters. The number of nitrogens with zero attached hydrogens (tertiary/aromatic N) is 1. The molecular formula is C18H26N2O4. The van der Waals surface area contributed by atoms with Crippen LogP contribution in [0.25, 0.3) is 0 Å². The molecule has 1 aliphatic rings. The lowest BCUT2D eigenvalue weighted by molar-refractivity contribution is -0.130. The second kappa shape index (κ2) is 9.15. The van der Waals surface area contributed by atoms with Crippen LogP contribution in [0, 0.1) is 0 Å². The molecule has 0 aromatic heterocycles. The van der Waals surface area contributed by atoms with Crippen molar-refractivity contribution < 1.29 is 19.1 Å². The van der Waals surface area contributed by atoms with Crippen molar-refractivity contribution in [2.45, 2.75) is 32.1 Å². The van der Waals surface area contributed by atoms with E-state index in [2.05, 4.69) is 5.32 Å². The summed E-state index contributed by atoms with van der Waals surface area (Å²) in [6.07, 6.45) is 4.58. The minimum Gasteiger partial charge on any atom is -0.497 e. The Hall–Kier alpha value is -2.24. The first-order valence-corrected chi connectivity index (χ1v) is 8.43. The molecule has 2 rings (SSSR count). The van der Waals surface area contributed by atoms with Gasteiger partial charge < -0.3 is 19.7 Å². The van der Waals surface area contributed by atoms with Gasteiger partial charge in [-0.25, -0.2) is 0 Å². The van der Waals surface area contributed by atoms with Gasteiger partial charge in [0.25, 0.3) is 5.91 Å². The van der Waals surface area contributed by atoms with Crippen molar-refractivity contribution >= 4 is 11.8 Å². The number of methoxy groups -OCH3 is 2. The number of nitrogens with one attached hydrogen (secondary N) is 1. The van der Waals surface area contributed by atoms with Gasteiger partial charge in [-0.05, 0) is 31.4 Å². The first-order chi connectivity index (χ1) is 11.7. The van der Waals surface area contributed by atoms with Crippen LogP contribution >= 0.6 is 0 Å². The van der Waals surface area contributed by atoms with Gasteiger partial charge >= 0.3 is 0 Å². The van der Waals surface area contributed by atoms with Crippen molar-refractivity contribution in [2.24, 2.45) is 0 Å². The summed E-state index contributed by atoms with van der Waals surface area (Å²) in [4.78, 5) is 26.1. The number of amides is 2. The first kappa shape index (κ1) is 18.1. The standard InChI is InChI=1S/C18H26N2O4/c1-23-14-8-9-15(16(13-14)24-2)18(22)19-10-6-12-20-11-5-3-4-7-17(20)21/h8-9,13H,3-7,10-12H2,1-2H3,(H,19,22). The van der Waals surface area contributed by atoms with Crippen LogP contribution in [0.3, 0.4) is 0 Å². The minimum atomic E-state index is -0.184. The highest BCUT2D eigenvalue weighted by Gasteiger charge is 2.16. The lowest BCUT2D eigenvalue weighted by atomic mass is 10.1. The van der Waals surface area contributed by atoms with Gasteiger partial charge in [-0.15, -0.1) is 0 Å². The van der Waals surface area contributed by atoms with Crippen LogP contribution < -0.4 is 14.8 Å². The lowest BCUT2D eigenvalue weighted by Crippen LogP contribution is -2.34. The highest BCUT2D eigenvalue weighted by Crippen LogP contribution is 2.24. The summed E-state index contributed by atoms with van der Waals surface area (Å²) in [6, 6.07) is 5.10. The number of hydrogen-bond donors (Lipinski definition) is 1. The number of carbonyl (C=O) groups is 2. The maximum atomic E-state index is 12.3. The fourth-order valence-corrected chi connectivity index (χ4v) is 2.83. The molecule has 1 saturated heterocycles. The summed E-state index contributed by atoms with van der Waals surface area (Å²) in [6.45, 7) is 2.05. The normalized spacial score (nSPS) is 14.9. The number of ether oxygens (including phenoxy) is 2. The Balaban J connectivity index is 1.81. The van der Waals surface area contributed by atoms with Gasteiger partial charge in [0.1, 0.15) is 11.5 Å². The average molecular weight is 334 g/mol. The number of hydrogen-bond acceptors (Lipinski definition) is 4. The predicted octanol–water partition coefficient (Wildman–Crippen LogP) is 2.23. The summed E-state index contributed by atoms with van der Waals surface area (Å²) < 4.78 is 10.4. The SMILES string of the molecule is COc1ccc(C(=O)NCCCN2CCCCCC2=O)c(OC)c1. The molecule has 0 atom stereocenters. The monoisotopic (exact) mass is 334 g/mol. The lowest BCUT2D eigenvalue weighted by Gasteiger charge is -2.20.